The molecule has 0 bridgehead atoms. The number of aromatic nitrogens is 2. The monoisotopic (exact) mass is 283 g/mol. The third kappa shape index (κ3) is 2.86. The van der Waals surface area contributed by atoms with Gasteiger partial charge in [0.05, 0.1) is 5.69 Å². The number of hydrogen-bond donors (Lipinski definition) is 1. The standard InChI is InChI=1S/C16H17N3O2/c1-11-8-9-19(10-11)16(21)13-4-2-12(3-5-13)14-6-7-15(20)18-17-14/h2-7,11H,8-10H2,1H3,(H,18,20). The van der Waals surface area contributed by atoms with Gasteiger partial charge in [-0.25, -0.2) is 5.10 Å². The quantitative estimate of drug-likeness (QED) is 0.915. The van der Waals surface area contributed by atoms with Crippen LogP contribution in [0.5, 0.6) is 0 Å². The van der Waals surface area contributed by atoms with Crippen LogP contribution >= 0.6 is 0 Å². The van der Waals surface area contributed by atoms with Gasteiger partial charge in [-0.15, -0.1) is 0 Å². The summed E-state index contributed by atoms with van der Waals surface area (Å²) in [4.78, 5) is 25.3. The second-order valence-electron chi connectivity index (χ2n) is 5.53. The van der Waals surface area contributed by atoms with E-state index in [1.807, 2.05) is 29.2 Å². The predicted molar refractivity (Wildman–Crippen MR) is 80.0 cm³/mol. The number of rotatable bonds is 2. The van der Waals surface area contributed by atoms with Crippen LogP contribution in [-0.4, -0.2) is 34.1 Å². The Morgan fingerprint density at radius 1 is 1.24 bits per heavy atom. The minimum atomic E-state index is -0.228. The summed E-state index contributed by atoms with van der Waals surface area (Å²) in [6.45, 7) is 3.84. The van der Waals surface area contributed by atoms with E-state index in [-0.39, 0.29) is 11.5 Å². The molecule has 1 N–H and O–H groups in total. The summed E-state index contributed by atoms with van der Waals surface area (Å²) in [5.74, 6) is 0.666. The van der Waals surface area contributed by atoms with Crippen molar-refractivity contribution in [3.63, 3.8) is 0 Å². The van der Waals surface area contributed by atoms with Gasteiger partial charge in [-0.05, 0) is 30.5 Å². The molecule has 1 fully saturated rings. The smallest absolute Gasteiger partial charge is 0.264 e. The molecule has 5 nitrogen and oxygen atoms in total. The number of hydrogen-bond acceptors (Lipinski definition) is 3. The average molecular weight is 283 g/mol. The van der Waals surface area contributed by atoms with E-state index in [2.05, 4.69) is 17.1 Å². The van der Waals surface area contributed by atoms with E-state index in [1.54, 1.807) is 6.07 Å². The van der Waals surface area contributed by atoms with Crippen molar-refractivity contribution in [3.8, 4) is 11.3 Å². The van der Waals surface area contributed by atoms with Crippen molar-refractivity contribution >= 4 is 5.91 Å². The first-order chi connectivity index (χ1) is 10.1. The zero-order chi connectivity index (χ0) is 14.8. The van der Waals surface area contributed by atoms with Gasteiger partial charge in [0.2, 0.25) is 0 Å². The SMILES string of the molecule is CC1CCN(C(=O)c2ccc(-c3ccc(=O)[nH]n3)cc2)C1. The molecule has 5 heteroatoms. The van der Waals surface area contributed by atoms with Gasteiger partial charge in [0, 0.05) is 30.3 Å². The lowest BCUT2D eigenvalue weighted by Gasteiger charge is -2.16. The summed E-state index contributed by atoms with van der Waals surface area (Å²) in [6.07, 6.45) is 1.07. The molecule has 1 unspecified atom stereocenters. The van der Waals surface area contributed by atoms with Crippen LogP contribution < -0.4 is 5.56 Å². The van der Waals surface area contributed by atoms with E-state index in [4.69, 9.17) is 0 Å². The second kappa shape index (κ2) is 5.52. The van der Waals surface area contributed by atoms with Gasteiger partial charge in [0.1, 0.15) is 0 Å². The summed E-state index contributed by atoms with van der Waals surface area (Å²) in [5, 5.41) is 6.38. The highest BCUT2D eigenvalue weighted by Gasteiger charge is 2.23. The Bertz CT molecular complexity index is 686. The molecule has 1 aromatic carbocycles. The summed E-state index contributed by atoms with van der Waals surface area (Å²) >= 11 is 0. The molecule has 108 valence electrons. The maximum Gasteiger partial charge on any atom is 0.264 e. The maximum absolute atomic E-state index is 12.3. The molecule has 2 aromatic rings. The number of amides is 1. The zero-order valence-corrected chi connectivity index (χ0v) is 11.9. The number of H-pyrrole nitrogens is 1. The number of carbonyl (C=O) groups excluding carboxylic acids is 1. The van der Waals surface area contributed by atoms with E-state index in [0.29, 0.717) is 17.2 Å². The van der Waals surface area contributed by atoms with E-state index >= 15 is 0 Å². The third-order valence-electron chi connectivity index (χ3n) is 3.82. The lowest BCUT2D eigenvalue weighted by molar-refractivity contribution is 0.0788. The van der Waals surface area contributed by atoms with Crippen molar-refractivity contribution in [2.45, 2.75) is 13.3 Å². The van der Waals surface area contributed by atoms with Gasteiger partial charge in [-0.2, -0.15) is 5.10 Å². The van der Waals surface area contributed by atoms with Crippen LogP contribution in [0.3, 0.4) is 0 Å². The van der Waals surface area contributed by atoms with E-state index in [1.165, 1.54) is 6.07 Å². The molecule has 0 aliphatic carbocycles. The Morgan fingerprint density at radius 3 is 2.57 bits per heavy atom. The van der Waals surface area contributed by atoms with E-state index < -0.39 is 0 Å². The Hall–Kier alpha value is -2.43. The Labute approximate surface area is 122 Å². The van der Waals surface area contributed by atoms with Gasteiger partial charge in [-0.1, -0.05) is 19.1 Å². The normalized spacial score (nSPS) is 18.0. The highest BCUT2D eigenvalue weighted by atomic mass is 16.2. The van der Waals surface area contributed by atoms with E-state index in [0.717, 1.165) is 25.1 Å². The Kier molecular flexibility index (Phi) is 3.56. The fraction of sp³-hybridized carbons (Fsp3) is 0.312. The lowest BCUT2D eigenvalue weighted by Crippen LogP contribution is -2.28. The van der Waals surface area contributed by atoms with Gasteiger partial charge in [0.15, 0.2) is 0 Å². The number of likely N-dealkylation sites (tertiary alicyclic amines) is 1. The molecule has 1 aliphatic rings. The molecule has 1 aromatic heterocycles. The average Bonchev–Trinajstić information content (AvgIpc) is 2.94. The van der Waals surface area contributed by atoms with Crippen molar-refractivity contribution in [1.82, 2.24) is 15.1 Å². The van der Waals surface area contributed by atoms with Crippen molar-refractivity contribution in [1.29, 1.82) is 0 Å². The number of aromatic amines is 1. The molecule has 1 aliphatic heterocycles. The van der Waals surface area contributed by atoms with Crippen molar-refractivity contribution in [3.05, 3.63) is 52.3 Å². The molecular weight excluding hydrogens is 266 g/mol. The zero-order valence-electron chi connectivity index (χ0n) is 11.9. The second-order valence-corrected chi connectivity index (χ2v) is 5.53. The molecule has 0 saturated carbocycles. The molecule has 1 saturated heterocycles. The first-order valence-electron chi connectivity index (χ1n) is 7.09. The number of nitrogens with one attached hydrogen (secondary N) is 1. The Morgan fingerprint density at radius 2 is 2.00 bits per heavy atom. The molecule has 3 rings (SSSR count). The minimum Gasteiger partial charge on any atom is -0.338 e. The van der Waals surface area contributed by atoms with Gasteiger partial charge in [0.25, 0.3) is 11.5 Å². The summed E-state index contributed by atoms with van der Waals surface area (Å²) in [5.41, 5.74) is 2.02. The molecule has 0 spiro atoms. The highest BCUT2D eigenvalue weighted by molar-refractivity contribution is 5.94. The van der Waals surface area contributed by atoms with Crippen LogP contribution in [0.2, 0.25) is 0 Å². The van der Waals surface area contributed by atoms with Gasteiger partial charge >= 0.3 is 0 Å². The molecule has 21 heavy (non-hydrogen) atoms. The van der Waals surface area contributed by atoms with Crippen LogP contribution in [0.15, 0.2) is 41.2 Å². The molecule has 0 radical (unpaired) electrons. The van der Waals surface area contributed by atoms with Crippen LogP contribution in [-0.2, 0) is 0 Å². The van der Waals surface area contributed by atoms with Gasteiger partial charge < -0.3 is 4.90 Å². The minimum absolute atomic E-state index is 0.0836. The van der Waals surface area contributed by atoms with Crippen molar-refractivity contribution in [2.24, 2.45) is 5.92 Å². The number of carbonyl (C=O) groups is 1. The van der Waals surface area contributed by atoms with Crippen molar-refractivity contribution < 1.29 is 4.79 Å². The fourth-order valence-corrected chi connectivity index (χ4v) is 2.59. The van der Waals surface area contributed by atoms with Crippen molar-refractivity contribution in [2.75, 3.05) is 13.1 Å². The van der Waals surface area contributed by atoms with Crippen LogP contribution in [0.1, 0.15) is 23.7 Å². The van der Waals surface area contributed by atoms with Gasteiger partial charge in [-0.3, -0.25) is 9.59 Å². The summed E-state index contributed by atoms with van der Waals surface area (Å²) in [7, 11) is 0. The van der Waals surface area contributed by atoms with Crippen LogP contribution in [0.4, 0.5) is 0 Å². The lowest BCUT2D eigenvalue weighted by atomic mass is 10.1. The topological polar surface area (TPSA) is 66.1 Å². The Balaban J connectivity index is 1.79. The molecular formula is C16H17N3O2. The molecule has 1 atom stereocenters. The predicted octanol–water partition coefficient (Wildman–Crippen LogP) is 1.92. The van der Waals surface area contributed by atoms with Crippen LogP contribution in [0, 0.1) is 5.92 Å². The first-order valence-corrected chi connectivity index (χ1v) is 7.09. The fourth-order valence-electron chi connectivity index (χ4n) is 2.59. The first kappa shape index (κ1) is 13.5. The maximum atomic E-state index is 12.3. The van der Waals surface area contributed by atoms with E-state index in [9.17, 15) is 9.59 Å². The number of benzene rings is 1. The molecule has 1 amide bonds. The highest BCUT2D eigenvalue weighted by Crippen LogP contribution is 2.20. The summed E-state index contributed by atoms with van der Waals surface area (Å²) in [6, 6.07) is 10.4. The molecule has 2 heterocycles. The third-order valence-corrected chi connectivity index (χ3v) is 3.82. The largest absolute Gasteiger partial charge is 0.338 e. The number of nitrogens with zero attached hydrogens (tertiary/aromatic N) is 2. The van der Waals surface area contributed by atoms with Crippen LogP contribution in [0.25, 0.3) is 11.3 Å². The summed E-state index contributed by atoms with van der Waals surface area (Å²) < 4.78 is 0.